The smallest absolute Gasteiger partial charge is 0.222 e. The molecule has 1 amide bonds. The third-order valence-corrected chi connectivity index (χ3v) is 3.99. The van der Waals surface area contributed by atoms with E-state index in [0.717, 1.165) is 19.4 Å². The molecule has 0 saturated carbocycles. The van der Waals surface area contributed by atoms with E-state index < -0.39 is 0 Å². The summed E-state index contributed by atoms with van der Waals surface area (Å²) in [6.07, 6.45) is 4.12. The van der Waals surface area contributed by atoms with Gasteiger partial charge in [-0.05, 0) is 32.1 Å². The van der Waals surface area contributed by atoms with Gasteiger partial charge in [-0.1, -0.05) is 27.2 Å². The van der Waals surface area contributed by atoms with Crippen LogP contribution >= 0.6 is 0 Å². The third-order valence-electron chi connectivity index (χ3n) is 3.99. The number of nitrogens with zero attached hydrogens (tertiary/aromatic N) is 1. The van der Waals surface area contributed by atoms with E-state index in [1.165, 1.54) is 6.42 Å². The Morgan fingerprint density at radius 3 is 2.27 bits per heavy atom. The van der Waals surface area contributed by atoms with Crippen molar-refractivity contribution < 1.29 is 4.79 Å². The molecule has 0 aromatic carbocycles. The molecular weight excluding hydrogens is 186 g/mol. The number of likely N-dealkylation sites (tertiary alicyclic amines) is 1. The first kappa shape index (κ1) is 12.5. The van der Waals surface area contributed by atoms with Crippen molar-refractivity contribution in [1.29, 1.82) is 0 Å². The van der Waals surface area contributed by atoms with Crippen LogP contribution in [0.5, 0.6) is 0 Å². The molecule has 0 aliphatic carbocycles. The van der Waals surface area contributed by atoms with Crippen molar-refractivity contribution >= 4 is 5.91 Å². The molecule has 0 aromatic rings. The van der Waals surface area contributed by atoms with Crippen LogP contribution in [0.15, 0.2) is 0 Å². The third kappa shape index (κ3) is 2.53. The molecule has 2 nitrogen and oxygen atoms in total. The Kier molecular flexibility index (Phi) is 3.47. The van der Waals surface area contributed by atoms with Gasteiger partial charge < -0.3 is 4.90 Å². The average molecular weight is 211 g/mol. The van der Waals surface area contributed by atoms with Crippen molar-refractivity contribution in [2.75, 3.05) is 6.54 Å². The van der Waals surface area contributed by atoms with Gasteiger partial charge in [0.25, 0.3) is 0 Å². The van der Waals surface area contributed by atoms with Gasteiger partial charge in [-0.2, -0.15) is 0 Å². The van der Waals surface area contributed by atoms with Gasteiger partial charge in [0.2, 0.25) is 5.91 Å². The zero-order chi connectivity index (χ0) is 11.7. The minimum Gasteiger partial charge on any atom is -0.338 e. The second-order valence-corrected chi connectivity index (χ2v) is 5.80. The number of amides is 1. The Labute approximate surface area is 94.0 Å². The summed E-state index contributed by atoms with van der Waals surface area (Å²) in [5.41, 5.74) is 0.462. The van der Waals surface area contributed by atoms with E-state index in [2.05, 4.69) is 32.6 Å². The molecule has 15 heavy (non-hydrogen) atoms. The zero-order valence-corrected chi connectivity index (χ0v) is 10.9. The van der Waals surface area contributed by atoms with E-state index in [-0.39, 0.29) is 5.54 Å². The van der Waals surface area contributed by atoms with E-state index in [9.17, 15) is 4.79 Å². The van der Waals surface area contributed by atoms with Crippen LogP contribution in [-0.2, 0) is 4.79 Å². The van der Waals surface area contributed by atoms with Crippen LogP contribution in [0.3, 0.4) is 0 Å². The molecular formula is C13H25NO. The molecule has 88 valence electrons. The summed E-state index contributed by atoms with van der Waals surface area (Å²) < 4.78 is 0. The fraction of sp³-hybridized carbons (Fsp3) is 0.923. The SMILES string of the molecule is CCC(=O)N1CCC(C)(CC)CC1(C)C. The summed E-state index contributed by atoms with van der Waals surface area (Å²) in [6.45, 7) is 11.9. The summed E-state index contributed by atoms with van der Waals surface area (Å²) in [5.74, 6) is 0.304. The predicted molar refractivity (Wildman–Crippen MR) is 63.7 cm³/mol. The summed E-state index contributed by atoms with van der Waals surface area (Å²) in [7, 11) is 0. The molecule has 0 radical (unpaired) electrons. The van der Waals surface area contributed by atoms with Crippen LogP contribution in [-0.4, -0.2) is 22.9 Å². The van der Waals surface area contributed by atoms with Crippen LogP contribution in [0, 0.1) is 5.41 Å². The summed E-state index contributed by atoms with van der Waals surface area (Å²) in [5, 5.41) is 0. The Morgan fingerprint density at radius 2 is 1.87 bits per heavy atom. The molecule has 1 aliphatic rings. The van der Waals surface area contributed by atoms with E-state index in [1.54, 1.807) is 0 Å². The highest BCUT2D eigenvalue weighted by Gasteiger charge is 2.41. The Bertz CT molecular complexity index is 247. The fourth-order valence-corrected chi connectivity index (χ4v) is 2.87. The molecule has 0 N–H and O–H groups in total. The Hall–Kier alpha value is -0.530. The van der Waals surface area contributed by atoms with E-state index in [0.29, 0.717) is 17.7 Å². The Balaban J connectivity index is 2.79. The molecule has 1 aliphatic heterocycles. The van der Waals surface area contributed by atoms with E-state index in [4.69, 9.17) is 0 Å². The normalized spacial score (nSPS) is 30.3. The highest BCUT2D eigenvalue weighted by atomic mass is 16.2. The maximum Gasteiger partial charge on any atom is 0.222 e. The molecule has 1 atom stereocenters. The van der Waals surface area contributed by atoms with E-state index in [1.807, 2.05) is 6.92 Å². The van der Waals surface area contributed by atoms with Crippen LogP contribution in [0.25, 0.3) is 0 Å². The topological polar surface area (TPSA) is 20.3 Å². The average Bonchev–Trinajstić information content (AvgIpc) is 2.15. The van der Waals surface area contributed by atoms with Gasteiger partial charge in [0.1, 0.15) is 0 Å². The number of carbonyl (C=O) groups excluding carboxylic acids is 1. The van der Waals surface area contributed by atoms with Crippen LogP contribution in [0.1, 0.15) is 60.3 Å². The van der Waals surface area contributed by atoms with Crippen molar-refractivity contribution in [3.8, 4) is 0 Å². The maximum absolute atomic E-state index is 11.8. The number of rotatable bonds is 2. The van der Waals surface area contributed by atoms with Gasteiger partial charge in [0.15, 0.2) is 0 Å². The minimum atomic E-state index is 0.0378. The van der Waals surface area contributed by atoms with Gasteiger partial charge in [-0.25, -0.2) is 0 Å². The van der Waals surface area contributed by atoms with Crippen molar-refractivity contribution in [3.05, 3.63) is 0 Å². The lowest BCUT2D eigenvalue weighted by atomic mass is 9.70. The van der Waals surface area contributed by atoms with Crippen LogP contribution in [0.2, 0.25) is 0 Å². The standard InChI is InChI=1S/C13H25NO/c1-6-11(15)14-9-8-13(5,7-2)10-12(14,3)4/h6-10H2,1-5H3. The van der Waals surface area contributed by atoms with E-state index >= 15 is 0 Å². The molecule has 1 fully saturated rings. The second kappa shape index (κ2) is 4.15. The van der Waals surface area contributed by atoms with Crippen LogP contribution < -0.4 is 0 Å². The molecule has 2 heteroatoms. The minimum absolute atomic E-state index is 0.0378. The van der Waals surface area contributed by atoms with Crippen molar-refractivity contribution in [2.24, 2.45) is 5.41 Å². The van der Waals surface area contributed by atoms with Gasteiger partial charge >= 0.3 is 0 Å². The van der Waals surface area contributed by atoms with Gasteiger partial charge in [-0.3, -0.25) is 4.79 Å². The fourth-order valence-electron chi connectivity index (χ4n) is 2.87. The molecule has 1 saturated heterocycles. The number of hydrogen-bond donors (Lipinski definition) is 0. The van der Waals surface area contributed by atoms with Crippen LogP contribution in [0.4, 0.5) is 0 Å². The first-order valence-electron chi connectivity index (χ1n) is 6.15. The Morgan fingerprint density at radius 1 is 1.27 bits per heavy atom. The maximum atomic E-state index is 11.8. The molecule has 1 unspecified atom stereocenters. The number of piperidine rings is 1. The lowest BCUT2D eigenvalue weighted by molar-refractivity contribution is -0.141. The zero-order valence-electron chi connectivity index (χ0n) is 10.9. The first-order valence-corrected chi connectivity index (χ1v) is 6.15. The number of carbonyl (C=O) groups is 1. The molecule has 0 bridgehead atoms. The molecule has 0 spiro atoms. The van der Waals surface area contributed by atoms with Crippen molar-refractivity contribution in [1.82, 2.24) is 4.90 Å². The quantitative estimate of drug-likeness (QED) is 0.687. The monoisotopic (exact) mass is 211 g/mol. The summed E-state index contributed by atoms with van der Waals surface area (Å²) in [6, 6.07) is 0. The summed E-state index contributed by atoms with van der Waals surface area (Å²) in [4.78, 5) is 13.9. The molecule has 0 aromatic heterocycles. The van der Waals surface area contributed by atoms with Crippen molar-refractivity contribution in [2.45, 2.75) is 65.8 Å². The predicted octanol–water partition coefficient (Wildman–Crippen LogP) is 3.21. The highest BCUT2D eigenvalue weighted by molar-refractivity contribution is 5.76. The van der Waals surface area contributed by atoms with Gasteiger partial charge in [0.05, 0.1) is 0 Å². The van der Waals surface area contributed by atoms with Crippen molar-refractivity contribution in [3.63, 3.8) is 0 Å². The highest BCUT2D eigenvalue weighted by Crippen LogP contribution is 2.42. The van der Waals surface area contributed by atoms with Gasteiger partial charge in [-0.15, -0.1) is 0 Å². The molecule has 1 rings (SSSR count). The lowest BCUT2D eigenvalue weighted by Crippen LogP contribution is -2.55. The summed E-state index contributed by atoms with van der Waals surface area (Å²) >= 11 is 0. The molecule has 1 heterocycles. The lowest BCUT2D eigenvalue weighted by Gasteiger charge is -2.50. The first-order chi connectivity index (χ1) is 6.84. The second-order valence-electron chi connectivity index (χ2n) is 5.80. The number of hydrogen-bond acceptors (Lipinski definition) is 1. The van der Waals surface area contributed by atoms with Gasteiger partial charge in [0, 0.05) is 18.5 Å². The largest absolute Gasteiger partial charge is 0.338 e.